The second-order valence-electron chi connectivity index (χ2n) is 5.29. The van der Waals surface area contributed by atoms with Gasteiger partial charge in [-0.2, -0.15) is 0 Å². The predicted octanol–water partition coefficient (Wildman–Crippen LogP) is 3.01. The van der Waals surface area contributed by atoms with Crippen molar-refractivity contribution in [2.24, 2.45) is 0 Å². The van der Waals surface area contributed by atoms with Crippen LogP contribution >= 0.6 is 0 Å². The van der Waals surface area contributed by atoms with Crippen LogP contribution in [0.25, 0.3) is 0 Å². The third-order valence-electron chi connectivity index (χ3n) is 3.81. The van der Waals surface area contributed by atoms with Crippen molar-refractivity contribution in [2.75, 3.05) is 13.1 Å². The summed E-state index contributed by atoms with van der Waals surface area (Å²) >= 11 is 0. The zero-order valence-electron chi connectivity index (χ0n) is 12.0. The molecule has 0 radical (unpaired) electrons. The Morgan fingerprint density at radius 2 is 2.05 bits per heavy atom. The molecule has 1 aliphatic rings. The van der Waals surface area contributed by atoms with Gasteiger partial charge in [0.2, 0.25) is 5.91 Å². The zero-order valence-corrected chi connectivity index (χ0v) is 12.0. The van der Waals surface area contributed by atoms with E-state index >= 15 is 0 Å². The smallest absolute Gasteiger partial charge is 0.238 e. The molecule has 19 heavy (non-hydrogen) atoms. The number of carbonyl (C=O) groups is 1. The lowest BCUT2D eigenvalue weighted by Crippen LogP contribution is -2.31. The summed E-state index contributed by atoms with van der Waals surface area (Å²) in [6.07, 6.45) is 4.86. The van der Waals surface area contributed by atoms with Gasteiger partial charge >= 0.3 is 0 Å². The van der Waals surface area contributed by atoms with E-state index in [1.54, 1.807) is 0 Å². The molecule has 0 bridgehead atoms. The Hall–Kier alpha value is -1.35. The minimum atomic E-state index is 0.0651. The molecule has 104 valence electrons. The average Bonchev–Trinajstić information content (AvgIpc) is 2.77. The van der Waals surface area contributed by atoms with Gasteiger partial charge in [-0.05, 0) is 24.5 Å². The molecule has 1 aromatic rings. The lowest BCUT2D eigenvalue weighted by molar-refractivity contribution is -0.128. The maximum absolute atomic E-state index is 12.0. The van der Waals surface area contributed by atoms with Gasteiger partial charge < -0.3 is 4.90 Å². The van der Waals surface area contributed by atoms with Gasteiger partial charge in [0.1, 0.15) is 6.17 Å². The first kappa shape index (κ1) is 14.1. The fraction of sp³-hybridized carbons (Fsp3) is 0.562. The van der Waals surface area contributed by atoms with Gasteiger partial charge in [0.05, 0.1) is 6.54 Å². The van der Waals surface area contributed by atoms with Crippen LogP contribution in [0.2, 0.25) is 0 Å². The monoisotopic (exact) mass is 260 g/mol. The zero-order chi connectivity index (χ0) is 13.7. The van der Waals surface area contributed by atoms with Crippen LogP contribution in [0.1, 0.15) is 49.9 Å². The first-order valence-corrected chi connectivity index (χ1v) is 7.32. The van der Waals surface area contributed by atoms with E-state index in [0.29, 0.717) is 6.54 Å². The first-order chi connectivity index (χ1) is 9.24. The molecule has 1 amide bonds. The van der Waals surface area contributed by atoms with Crippen LogP contribution in [0.5, 0.6) is 0 Å². The van der Waals surface area contributed by atoms with Crippen molar-refractivity contribution in [3.8, 4) is 0 Å². The molecule has 1 atom stereocenters. The number of unbranched alkanes of at least 4 members (excludes halogenated alkanes) is 3. The van der Waals surface area contributed by atoms with E-state index in [1.165, 1.54) is 30.4 Å². The number of benzene rings is 1. The molecule has 0 aliphatic carbocycles. The molecule has 0 spiro atoms. The number of hydrogen-bond donors (Lipinski definition) is 1. The average molecular weight is 260 g/mol. The lowest BCUT2D eigenvalue weighted by atomic mass is 10.1. The summed E-state index contributed by atoms with van der Waals surface area (Å²) in [6.45, 7) is 5.64. The number of nitrogens with one attached hydrogen (secondary N) is 1. The van der Waals surface area contributed by atoms with E-state index in [2.05, 4.69) is 31.3 Å². The van der Waals surface area contributed by atoms with E-state index in [-0.39, 0.29) is 12.1 Å². The Morgan fingerprint density at radius 1 is 1.26 bits per heavy atom. The van der Waals surface area contributed by atoms with Gasteiger partial charge in [-0.15, -0.1) is 0 Å². The molecule has 2 rings (SSSR count). The fourth-order valence-corrected chi connectivity index (χ4v) is 2.67. The Labute approximate surface area is 116 Å². The van der Waals surface area contributed by atoms with E-state index in [1.807, 2.05) is 17.0 Å². The van der Waals surface area contributed by atoms with Crippen LogP contribution in [0, 0.1) is 6.92 Å². The third kappa shape index (κ3) is 3.35. The number of aryl methyl sites for hydroxylation is 1. The van der Waals surface area contributed by atoms with Crippen LogP contribution in [-0.4, -0.2) is 23.9 Å². The normalized spacial score (nSPS) is 19.2. The SMILES string of the molecule is CCCCCCN1C(=O)CNC1c1ccccc1C. The molecular weight excluding hydrogens is 236 g/mol. The Morgan fingerprint density at radius 3 is 2.79 bits per heavy atom. The van der Waals surface area contributed by atoms with E-state index < -0.39 is 0 Å². The highest BCUT2D eigenvalue weighted by atomic mass is 16.2. The van der Waals surface area contributed by atoms with E-state index in [0.717, 1.165) is 13.0 Å². The number of amides is 1. The van der Waals surface area contributed by atoms with Crippen molar-refractivity contribution in [2.45, 2.75) is 45.7 Å². The van der Waals surface area contributed by atoms with Gasteiger partial charge in [-0.25, -0.2) is 0 Å². The maximum atomic E-state index is 12.0. The van der Waals surface area contributed by atoms with Crippen molar-refractivity contribution in [3.63, 3.8) is 0 Å². The molecule has 1 unspecified atom stereocenters. The summed E-state index contributed by atoms with van der Waals surface area (Å²) < 4.78 is 0. The predicted molar refractivity (Wildman–Crippen MR) is 77.8 cm³/mol. The molecule has 0 aromatic heterocycles. The van der Waals surface area contributed by atoms with Crippen LogP contribution in [0.4, 0.5) is 0 Å². The molecule has 1 heterocycles. The van der Waals surface area contributed by atoms with E-state index in [9.17, 15) is 4.79 Å². The largest absolute Gasteiger partial charge is 0.322 e. The van der Waals surface area contributed by atoms with Crippen LogP contribution in [-0.2, 0) is 4.79 Å². The minimum absolute atomic E-state index is 0.0651. The number of nitrogens with zero attached hydrogens (tertiary/aromatic N) is 1. The van der Waals surface area contributed by atoms with Crippen molar-refractivity contribution in [3.05, 3.63) is 35.4 Å². The summed E-state index contributed by atoms with van der Waals surface area (Å²) in [5.74, 6) is 0.227. The van der Waals surface area contributed by atoms with Crippen LogP contribution < -0.4 is 5.32 Å². The van der Waals surface area contributed by atoms with Gasteiger partial charge in [-0.1, -0.05) is 50.5 Å². The quantitative estimate of drug-likeness (QED) is 0.797. The minimum Gasteiger partial charge on any atom is -0.322 e. The van der Waals surface area contributed by atoms with Crippen molar-refractivity contribution >= 4 is 5.91 Å². The maximum Gasteiger partial charge on any atom is 0.238 e. The van der Waals surface area contributed by atoms with Crippen LogP contribution in [0.15, 0.2) is 24.3 Å². The van der Waals surface area contributed by atoms with Gasteiger partial charge in [0, 0.05) is 6.54 Å². The second-order valence-corrected chi connectivity index (χ2v) is 5.29. The molecule has 1 aromatic carbocycles. The Kier molecular flexibility index (Phi) is 4.97. The molecule has 1 saturated heterocycles. The topological polar surface area (TPSA) is 32.3 Å². The van der Waals surface area contributed by atoms with Crippen molar-refractivity contribution < 1.29 is 4.79 Å². The lowest BCUT2D eigenvalue weighted by Gasteiger charge is -2.26. The fourth-order valence-electron chi connectivity index (χ4n) is 2.67. The first-order valence-electron chi connectivity index (χ1n) is 7.32. The number of carbonyl (C=O) groups excluding carboxylic acids is 1. The van der Waals surface area contributed by atoms with Gasteiger partial charge in [0.25, 0.3) is 0 Å². The molecular formula is C16H24N2O. The molecule has 1 N–H and O–H groups in total. The number of hydrogen-bond acceptors (Lipinski definition) is 2. The molecule has 3 heteroatoms. The summed E-state index contributed by atoms with van der Waals surface area (Å²) in [6, 6.07) is 8.31. The van der Waals surface area contributed by atoms with Crippen LogP contribution in [0.3, 0.4) is 0 Å². The Bertz CT molecular complexity index is 431. The molecule has 3 nitrogen and oxygen atoms in total. The number of rotatable bonds is 6. The third-order valence-corrected chi connectivity index (χ3v) is 3.81. The summed E-state index contributed by atoms with van der Waals surface area (Å²) in [5.41, 5.74) is 2.47. The molecule has 1 fully saturated rings. The highest BCUT2D eigenvalue weighted by Gasteiger charge is 2.31. The van der Waals surface area contributed by atoms with E-state index in [4.69, 9.17) is 0 Å². The standard InChI is InChI=1S/C16H24N2O/c1-3-4-5-8-11-18-15(19)12-17-16(18)14-10-7-6-9-13(14)2/h6-7,9-10,16-17H,3-5,8,11-12H2,1-2H3. The van der Waals surface area contributed by atoms with Crippen molar-refractivity contribution in [1.29, 1.82) is 0 Å². The molecule has 1 aliphatic heterocycles. The van der Waals surface area contributed by atoms with Gasteiger partial charge in [-0.3, -0.25) is 10.1 Å². The highest BCUT2D eigenvalue weighted by molar-refractivity contribution is 5.81. The Balaban J connectivity index is 2.03. The second kappa shape index (κ2) is 6.71. The summed E-state index contributed by atoms with van der Waals surface area (Å²) in [7, 11) is 0. The van der Waals surface area contributed by atoms with Crippen molar-refractivity contribution in [1.82, 2.24) is 10.2 Å². The summed E-state index contributed by atoms with van der Waals surface area (Å²) in [5, 5.41) is 3.33. The highest BCUT2D eigenvalue weighted by Crippen LogP contribution is 2.25. The molecule has 0 saturated carbocycles. The summed E-state index contributed by atoms with van der Waals surface area (Å²) in [4.78, 5) is 14.0. The van der Waals surface area contributed by atoms with Gasteiger partial charge in [0.15, 0.2) is 0 Å².